The summed E-state index contributed by atoms with van der Waals surface area (Å²) in [5.74, 6) is 0.835. The maximum absolute atomic E-state index is 13.6. The number of nitrogens with zero attached hydrogens (tertiary/aromatic N) is 1. The van der Waals surface area contributed by atoms with Crippen LogP contribution < -0.4 is 15.1 Å². The van der Waals surface area contributed by atoms with Gasteiger partial charge in [0.15, 0.2) is 0 Å². The first kappa shape index (κ1) is 17.4. The summed E-state index contributed by atoms with van der Waals surface area (Å²) in [6, 6.07) is 6.00. The first-order chi connectivity index (χ1) is 13.1. The number of carbonyl (C=O) groups excluding carboxylic acids is 1. The first-order valence-corrected chi connectivity index (χ1v) is 9.69. The van der Waals surface area contributed by atoms with Gasteiger partial charge in [0, 0.05) is 30.0 Å². The smallest absolute Gasteiger partial charge is 0.264 e. The molecule has 4 bridgehead atoms. The fraction of sp³-hybridized carbons (Fsp3) is 0.650. The number of benzene rings is 1. The van der Waals surface area contributed by atoms with Gasteiger partial charge in [0.2, 0.25) is 0 Å². The van der Waals surface area contributed by atoms with Crippen LogP contribution in [0.5, 0.6) is 5.75 Å². The van der Waals surface area contributed by atoms with Gasteiger partial charge in [0.25, 0.3) is 5.91 Å². The molecule has 1 aromatic carbocycles. The van der Waals surface area contributed by atoms with Crippen molar-refractivity contribution >= 4 is 11.6 Å². The zero-order valence-electron chi connectivity index (χ0n) is 15.8. The molecule has 1 aromatic rings. The van der Waals surface area contributed by atoms with Gasteiger partial charge in [-0.05, 0) is 24.5 Å². The normalized spacial score (nSPS) is 41.9. The lowest BCUT2D eigenvalue weighted by Crippen LogP contribution is -2.59. The molecule has 3 saturated heterocycles. The predicted octanol–water partition coefficient (Wildman–Crippen LogP) is 0.987. The van der Waals surface area contributed by atoms with E-state index in [9.17, 15) is 9.90 Å². The SMILES string of the molecule is CC[C@H]1N[C@H]2C[C@@]3(C(=O)N(OC)c4cc(OC)ccc43)[C@@H]3OC[C@H]2[C@H]1C3O. The van der Waals surface area contributed by atoms with Gasteiger partial charge in [-0.15, -0.1) is 0 Å². The fourth-order valence-corrected chi connectivity index (χ4v) is 6.05. The van der Waals surface area contributed by atoms with Crippen LogP contribution in [-0.4, -0.2) is 56.1 Å². The Balaban J connectivity index is 1.68. The highest BCUT2D eigenvalue weighted by Gasteiger charge is 2.68. The topological polar surface area (TPSA) is 80.3 Å². The van der Waals surface area contributed by atoms with Gasteiger partial charge < -0.3 is 19.9 Å². The largest absolute Gasteiger partial charge is 0.497 e. The number of aliphatic hydroxyl groups excluding tert-OH is 1. The lowest BCUT2D eigenvalue weighted by atomic mass is 9.70. The predicted molar refractivity (Wildman–Crippen MR) is 97.5 cm³/mol. The maximum Gasteiger partial charge on any atom is 0.264 e. The van der Waals surface area contributed by atoms with Crippen molar-refractivity contribution in [2.75, 3.05) is 25.9 Å². The van der Waals surface area contributed by atoms with E-state index in [0.717, 1.165) is 12.0 Å². The highest BCUT2D eigenvalue weighted by molar-refractivity contribution is 6.07. The molecule has 0 aromatic heterocycles. The lowest BCUT2D eigenvalue weighted by Gasteiger charge is -2.43. The van der Waals surface area contributed by atoms with Crippen LogP contribution in [0, 0.1) is 11.8 Å². The number of nitrogens with one attached hydrogen (secondary N) is 1. The molecule has 2 N–H and O–H groups in total. The summed E-state index contributed by atoms with van der Waals surface area (Å²) in [6.07, 6.45) is 0.300. The molecule has 27 heavy (non-hydrogen) atoms. The van der Waals surface area contributed by atoms with E-state index < -0.39 is 17.6 Å². The number of aliphatic hydroxyl groups is 1. The van der Waals surface area contributed by atoms with Gasteiger partial charge in [-0.25, -0.2) is 0 Å². The molecule has 1 amide bonds. The summed E-state index contributed by atoms with van der Waals surface area (Å²) in [5, 5.41) is 16.3. The van der Waals surface area contributed by atoms with Crippen LogP contribution in [-0.2, 0) is 19.8 Å². The van der Waals surface area contributed by atoms with E-state index in [2.05, 4.69) is 12.2 Å². The molecule has 1 saturated carbocycles. The molecular weight excluding hydrogens is 348 g/mol. The van der Waals surface area contributed by atoms with E-state index >= 15 is 0 Å². The van der Waals surface area contributed by atoms with Crippen molar-refractivity contribution in [2.24, 2.45) is 11.8 Å². The van der Waals surface area contributed by atoms with Crippen molar-refractivity contribution < 1.29 is 24.2 Å². The zero-order chi connectivity index (χ0) is 18.9. The van der Waals surface area contributed by atoms with Crippen molar-refractivity contribution in [1.82, 2.24) is 5.32 Å². The highest BCUT2D eigenvalue weighted by atomic mass is 16.7. The van der Waals surface area contributed by atoms with E-state index in [4.69, 9.17) is 14.3 Å². The van der Waals surface area contributed by atoms with Crippen LogP contribution in [0.2, 0.25) is 0 Å². The summed E-state index contributed by atoms with van der Waals surface area (Å²) >= 11 is 0. The van der Waals surface area contributed by atoms with Crippen LogP contribution >= 0.6 is 0 Å². The minimum atomic E-state index is -0.948. The minimum Gasteiger partial charge on any atom is -0.497 e. The molecule has 4 aliphatic heterocycles. The molecule has 7 atom stereocenters. The van der Waals surface area contributed by atoms with Crippen LogP contribution in [0.1, 0.15) is 25.3 Å². The van der Waals surface area contributed by atoms with Gasteiger partial charge in [0.05, 0.1) is 32.6 Å². The average Bonchev–Trinajstić information content (AvgIpc) is 3.05. The van der Waals surface area contributed by atoms with E-state index in [1.807, 2.05) is 18.2 Å². The Morgan fingerprint density at radius 2 is 2.22 bits per heavy atom. The summed E-state index contributed by atoms with van der Waals surface area (Å²) in [7, 11) is 3.09. The second-order valence-corrected chi connectivity index (χ2v) is 8.11. The molecule has 5 aliphatic rings. The van der Waals surface area contributed by atoms with Crippen LogP contribution in [0.4, 0.5) is 5.69 Å². The Morgan fingerprint density at radius 3 is 2.93 bits per heavy atom. The van der Waals surface area contributed by atoms with Crippen molar-refractivity contribution in [2.45, 2.75) is 49.5 Å². The lowest BCUT2D eigenvalue weighted by molar-refractivity contribution is -0.159. The highest BCUT2D eigenvalue weighted by Crippen LogP contribution is 2.57. The van der Waals surface area contributed by atoms with Crippen LogP contribution in [0.3, 0.4) is 0 Å². The number of amides is 1. The number of hydroxylamine groups is 1. The molecule has 146 valence electrons. The van der Waals surface area contributed by atoms with E-state index in [0.29, 0.717) is 24.5 Å². The van der Waals surface area contributed by atoms with Gasteiger partial charge in [0.1, 0.15) is 17.3 Å². The number of anilines is 1. The molecule has 1 spiro atoms. The number of hydrogen-bond acceptors (Lipinski definition) is 6. The second-order valence-electron chi connectivity index (χ2n) is 8.11. The first-order valence-electron chi connectivity index (χ1n) is 9.69. The molecule has 1 aliphatic carbocycles. The van der Waals surface area contributed by atoms with Crippen LogP contribution in [0.25, 0.3) is 0 Å². The summed E-state index contributed by atoms with van der Waals surface area (Å²) in [5.41, 5.74) is 0.574. The van der Waals surface area contributed by atoms with Gasteiger partial charge >= 0.3 is 0 Å². The summed E-state index contributed by atoms with van der Waals surface area (Å²) in [4.78, 5) is 19.1. The molecule has 0 radical (unpaired) electrons. The average molecular weight is 374 g/mol. The Bertz CT molecular complexity index is 786. The van der Waals surface area contributed by atoms with E-state index in [1.54, 1.807) is 7.11 Å². The van der Waals surface area contributed by atoms with Gasteiger partial charge in [-0.3, -0.25) is 9.63 Å². The Kier molecular flexibility index (Phi) is 3.82. The van der Waals surface area contributed by atoms with E-state index in [-0.39, 0.29) is 29.8 Å². The fourth-order valence-electron chi connectivity index (χ4n) is 6.05. The summed E-state index contributed by atoms with van der Waals surface area (Å²) < 4.78 is 11.5. The van der Waals surface area contributed by atoms with Crippen LogP contribution in [0.15, 0.2) is 18.2 Å². The van der Waals surface area contributed by atoms with Gasteiger partial charge in [-0.2, -0.15) is 5.06 Å². The Labute approximate surface area is 158 Å². The van der Waals surface area contributed by atoms with E-state index in [1.165, 1.54) is 12.2 Å². The third-order valence-electron chi connectivity index (χ3n) is 7.20. The maximum atomic E-state index is 13.6. The second kappa shape index (κ2) is 5.91. The Hall–Kier alpha value is -1.67. The molecule has 7 heteroatoms. The number of rotatable bonds is 3. The van der Waals surface area contributed by atoms with Crippen molar-refractivity contribution in [3.05, 3.63) is 23.8 Å². The Morgan fingerprint density at radius 1 is 1.41 bits per heavy atom. The van der Waals surface area contributed by atoms with Crippen molar-refractivity contribution in [1.29, 1.82) is 0 Å². The molecule has 6 rings (SSSR count). The molecule has 4 fully saturated rings. The minimum absolute atomic E-state index is 0.115. The number of carbonyl (C=O) groups is 1. The standard InChI is InChI=1S/C20H26N2O5/c1-4-13-16-11-9-27-18(17(16)23)20(8-14(11)21-13)12-6-5-10(25-2)7-15(12)22(26-3)19(20)24/h5-7,11,13-14,16-18,21,23H,4,8-9H2,1-3H3/t11-,13-,14+,16-,17?,18-,20+/m1/s1. The molecule has 1 unspecified atom stereocenters. The zero-order valence-corrected chi connectivity index (χ0v) is 15.8. The third-order valence-corrected chi connectivity index (χ3v) is 7.20. The number of hydrogen-bond donors (Lipinski definition) is 2. The number of methoxy groups -OCH3 is 1. The van der Waals surface area contributed by atoms with Crippen molar-refractivity contribution in [3.63, 3.8) is 0 Å². The molecule has 7 nitrogen and oxygen atoms in total. The van der Waals surface area contributed by atoms with Crippen molar-refractivity contribution in [3.8, 4) is 5.75 Å². The molecule has 4 heterocycles. The van der Waals surface area contributed by atoms with Gasteiger partial charge in [-0.1, -0.05) is 13.0 Å². The monoisotopic (exact) mass is 374 g/mol. The summed E-state index contributed by atoms with van der Waals surface area (Å²) in [6.45, 7) is 2.72. The molecular formula is C20H26N2O5. The third kappa shape index (κ3) is 2.03. The quantitative estimate of drug-likeness (QED) is 0.821. The number of ether oxygens (including phenoxy) is 2. The number of fused-ring (bicyclic) bond motifs is 2.